The molecule has 1 N–H and O–H groups in total. The summed E-state index contributed by atoms with van der Waals surface area (Å²) in [5.41, 5.74) is 1.61. The first kappa shape index (κ1) is 21.4. The van der Waals surface area contributed by atoms with Gasteiger partial charge in [-0.1, -0.05) is 36.4 Å². The van der Waals surface area contributed by atoms with Crippen molar-refractivity contribution >= 4 is 11.8 Å². The highest BCUT2D eigenvalue weighted by molar-refractivity contribution is 5.90. The van der Waals surface area contributed by atoms with Crippen LogP contribution < -0.4 is 4.74 Å². The molecule has 0 amide bonds. The standard InChI is InChI=1S/C29H31NO5/c31-21-10-9-20-16-23-29(35-24(33)11-8-18-4-2-1-3-5-18)13-12-22(32)27-28(29,25(20)26(21)34-27)14-15-30(23)17-19-6-7-19/h1-5,9-10,19,23,27,31H,6-8,11-17H2/t23-,27+,28+,29-/m1/s1. The van der Waals surface area contributed by atoms with E-state index in [2.05, 4.69) is 4.90 Å². The predicted molar refractivity (Wildman–Crippen MR) is 128 cm³/mol. The van der Waals surface area contributed by atoms with E-state index in [9.17, 15) is 14.7 Å². The molecule has 5 aliphatic rings. The highest BCUT2D eigenvalue weighted by Gasteiger charge is 2.75. The molecule has 6 nitrogen and oxygen atoms in total. The average molecular weight is 474 g/mol. The van der Waals surface area contributed by atoms with Gasteiger partial charge in [-0.15, -0.1) is 0 Å². The zero-order valence-electron chi connectivity index (χ0n) is 19.9. The minimum absolute atomic E-state index is 0.0136. The van der Waals surface area contributed by atoms with Crippen LogP contribution >= 0.6 is 0 Å². The molecule has 2 heterocycles. The van der Waals surface area contributed by atoms with E-state index in [1.165, 1.54) is 12.8 Å². The number of aromatic hydroxyl groups is 1. The van der Waals surface area contributed by atoms with Crippen molar-refractivity contribution in [2.45, 2.75) is 74.5 Å². The Labute approximate surface area is 205 Å². The number of piperidine rings is 1. The van der Waals surface area contributed by atoms with Crippen LogP contribution in [0.5, 0.6) is 11.5 Å². The molecule has 3 fully saturated rings. The Balaban J connectivity index is 1.31. The number of phenols is 1. The second-order valence-corrected chi connectivity index (χ2v) is 11.1. The molecular formula is C29H31NO5. The zero-order chi connectivity index (χ0) is 23.8. The number of carbonyl (C=O) groups is 2. The molecule has 0 aromatic heterocycles. The molecule has 2 aliphatic heterocycles. The van der Waals surface area contributed by atoms with Gasteiger partial charge in [0.1, 0.15) is 5.60 Å². The molecule has 6 heteroatoms. The molecular weight excluding hydrogens is 442 g/mol. The van der Waals surface area contributed by atoms with Crippen molar-refractivity contribution in [2.75, 3.05) is 13.1 Å². The summed E-state index contributed by atoms with van der Waals surface area (Å²) in [6, 6.07) is 13.7. The van der Waals surface area contributed by atoms with Gasteiger partial charge in [0, 0.05) is 24.9 Å². The van der Waals surface area contributed by atoms with E-state index in [-0.39, 0.29) is 23.5 Å². The molecule has 0 unspecified atom stereocenters. The molecule has 1 saturated heterocycles. The number of phenolic OH excluding ortho intramolecular Hbond substituents is 1. The summed E-state index contributed by atoms with van der Waals surface area (Å²) in [6.45, 7) is 1.87. The third-order valence-electron chi connectivity index (χ3n) is 9.27. The predicted octanol–water partition coefficient (Wildman–Crippen LogP) is 3.71. The lowest BCUT2D eigenvalue weighted by molar-refractivity contribution is -0.216. The summed E-state index contributed by atoms with van der Waals surface area (Å²) in [4.78, 5) is 29.3. The molecule has 2 aromatic rings. The summed E-state index contributed by atoms with van der Waals surface area (Å²) in [5, 5.41) is 10.7. The van der Waals surface area contributed by atoms with Crippen LogP contribution in [0.1, 0.15) is 55.2 Å². The molecule has 4 atom stereocenters. The number of ketones is 1. The van der Waals surface area contributed by atoms with E-state index in [0.29, 0.717) is 43.8 Å². The van der Waals surface area contributed by atoms with Crippen LogP contribution in [0, 0.1) is 5.92 Å². The third kappa shape index (κ3) is 2.98. The summed E-state index contributed by atoms with van der Waals surface area (Å²) < 4.78 is 12.9. The van der Waals surface area contributed by atoms with E-state index >= 15 is 0 Å². The number of hydrogen-bond donors (Lipinski definition) is 1. The van der Waals surface area contributed by atoms with Crippen molar-refractivity contribution in [2.24, 2.45) is 5.92 Å². The van der Waals surface area contributed by atoms with E-state index in [1.54, 1.807) is 6.07 Å². The second kappa shape index (κ2) is 7.57. The minimum atomic E-state index is -0.821. The van der Waals surface area contributed by atoms with Crippen molar-refractivity contribution in [3.8, 4) is 11.5 Å². The van der Waals surface area contributed by atoms with E-state index in [1.807, 2.05) is 36.4 Å². The lowest BCUT2D eigenvalue weighted by Crippen LogP contribution is -2.77. The average Bonchev–Trinajstić information content (AvgIpc) is 3.60. The second-order valence-electron chi connectivity index (χ2n) is 11.1. The molecule has 2 aromatic carbocycles. The Kier molecular flexibility index (Phi) is 4.63. The van der Waals surface area contributed by atoms with Gasteiger partial charge in [-0.05, 0) is 68.2 Å². The van der Waals surface area contributed by atoms with Crippen LogP contribution in [-0.4, -0.2) is 52.6 Å². The maximum atomic E-state index is 13.5. The lowest BCUT2D eigenvalue weighted by Gasteiger charge is -2.63. The Hall–Kier alpha value is -2.86. The van der Waals surface area contributed by atoms with E-state index in [4.69, 9.17) is 9.47 Å². The number of aryl methyl sites for hydroxylation is 1. The molecule has 0 radical (unpaired) electrons. The Morgan fingerprint density at radius 2 is 1.97 bits per heavy atom. The van der Waals surface area contributed by atoms with Gasteiger partial charge in [0.15, 0.2) is 23.4 Å². The van der Waals surface area contributed by atoms with E-state index in [0.717, 1.165) is 36.2 Å². The Bertz CT molecular complexity index is 1210. The maximum Gasteiger partial charge on any atom is 0.306 e. The number of esters is 1. The van der Waals surface area contributed by atoms with Crippen molar-refractivity contribution in [1.29, 1.82) is 0 Å². The van der Waals surface area contributed by atoms with Crippen molar-refractivity contribution in [3.63, 3.8) is 0 Å². The topological polar surface area (TPSA) is 76.1 Å². The summed E-state index contributed by atoms with van der Waals surface area (Å²) in [6.07, 6.45) is 5.03. The molecule has 1 spiro atoms. The van der Waals surface area contributed by atoms with Crippen molar-refractivity contribution < 1.29 is 24.2 Å². The largest absolute Gasteiger partial charge is 0.504 e. The summed E-state index contributed by atoms with van der Waals surface area (Å²) in [7, 11) is 0. The van der Waals surface area contributed by atoms with Crippen LogP contribution in [0.15, 0.2) is 42.5 Å². The van der Waals surface area contributed by atoms with Gasteiger partial charge >= 0.3 is 5.97 Å². The fraction of sp³-hybridized carbons (Fsp3) is 0.517. The zero-order valence-corrected chi connectivity index (χ0v) is 19.9. The van der Waals surface area contributed by atoms with Crippen LogP contribution in [0.2, 0.25) is 0 Å². The maximum absolute atomic E-state index is 13.5. The number of nitrogens with zero attached hydrogens (tertiary/aromatic N) is 1. The molecule has 35 heavy (non-hydrogen) atoms. The number of rotatable bonds is 6. The summed E-state index contributed by atoms with van der Waals surface area (Å²) >= 11 is 0. The molecule has 7 rings (SSSR count). The fourth-order valence-corrected chi connectivity index (χ4v) is 7.59. The summed E-state index contributed by atoms with van der Waals surface area (Å²) in [5.74, 6) is 1.06. The van der Waals surface area contributed by atoms with E-state index < -0.39 is 17.1 Å². The number of Topliss-reactive ketones (excluding diaryl/α,β-unsaturated/α-hetero) is 1. The lowest BCUT2D eigenvalue weighted by atomic mass is 9.48. The van der Waals surface area contributed by atoms with Gasteiger partial charge in [-0.2, -0.15) is 0 Å². The molecule has 2 saturated carbocycles. The van der Waals surface area contributed by atoms with Gasteiger partial charge in [-0.3, -0.25) is 14.5 Å². The quantitative estimate of drug-likeness (QED) is 0.645. The number of ether oxygens (including phenoxy) is 2. The van der Waals surface area contributed by atoms with Gasteiger partial charge in [0.2, 0.25) is 0 Å². The van der Waals surface area contributed by atoms with Crippen LogP contribution in [-0.2, 0) is 32.6 Å². The SMILES string of the molecule is O=C(CCc1ccccc1)O[C@@]12CCC(=O)[C@@H]3Oc4c(O)ccc5c4[C@@]31CCN(CC1CC1)[C@@H]2C5. The first-order valence-electron chi connectivity index (χ1n) is 13.1. The number of benzene rings is 2. The number of carbonyl (C=O) groups excluding carboxylic acids is 2. The Morgan fingerprint density at radius 3 is 2.77 bits per heavy atom. The smallest absolute Gasteiger partial charge is 0.306 e. The normalized spacial score (nSPS) is 32.6. The van der Waals surface area contributed by atoms with Crippen LogP contribution in [0.25, 0.3) is 0 Å². The van der Waals surface area contributed by atoms with Crippen LogP contribution in [0.4, 0.5) is 0 Å². The minimum Gasteiger partial charge on any atom is -0.504 e. The van der Waals surface area contributed by atoms with Gasteiger partial charge in [0.25, 0.3) is 0 Å². The first-order valence-corrected chi connectivity index (χ1v) is 13.1. The van der Waals surface area contributed by atoms with Crippen LogP contribution in [0.3, 0.4) is 0 Å². The highest BCUT2D eigenvalue weighted by Crippen LogP contribution is 2.66. The monoisotopic (exact) mass is 473 g/mol. The number of hydrogen-bond acceptors (Lipinski definition) is 6. The van der Waals surface area contributed by atoms with Crippen molar-refractivity contribution in [1.82, 2.24) is 4.90 Å². The Morgan fingerprint density at radius 1 is 1.14 bits per heavy atom. The highest BCUT2D eigenvalue weighted by atomic mass is 16.6. The number of likely N-dealkylation sites (tertiary alicyclic amines) is 1. The molecule has 3 aliphatic carbocycles. The van der Waals surface area contributed by atoms with Gasteiger partial charge in [-0.25, -0.2) is 0 Å². The first-order chi connectivity index (χ1) is 17.0. The molecule has 2 bridgehead atoms. The third-order valence-corrected chi connectivity index (χ3v) is 9.27. The van der Waals surface area contributed by atoms with Crippen molar-refractivity contribution in [3.05, 3.63) is 59.2 Å². The molecule has 182 valence electrons. The van der Waals surface area contributed by atoms with Gasteiger partial charge in [0.05, 0.1) is 11.5 Å². The van der Waals surface area contributed by atoms with Gasteiger partial charge < -0.3 is 14.6 Å². The fourth-order valence-electron chi connectivity index (χ4n) is 7.59.